The zero-order chi connectivity index (χ0) is 59.2. The molecule has 0 bridgehead atoms. The van der Waals surface area contributed by atoms with Crippen LogP contribution >= 0.6 is 0 Å². The summed E-state index contributed by atoms with van der Waals surface area (Å²) < 4.78 is 2.77. The van der Waals surface area contributed by atoms with Gasteiger partial charge in [0.25, 0.3) is 0 Å². The molecule has 6 nitrogen and oxygen atoms in total. The van der Waals surface area contributed by atoms with Gasteiger partial charge in [0.2, 0.25) is 0 Å². The predicted octanol–water partition coefficient (Wildman–Crippen LogP) is 17.5. The molecule has 8 heterocycles. The van der Waals surface area contributed by atoms with Crippen LogP contribution in [0.4, 0.5) is 102 Å². The molecule has 13 aromatic carbocycles. The van der Waals surface area contributed by atoms with Crippen molar-refractivity contribution in [2.24, 2.45) is 0 Å². The molecular formula is C82H50B2N6Se. The van der Waals surface area contributed by atoms with Crippen LogP contribution in [0.2, 0.25) is 0 Å². The second-order valence-corrected chi connectivity index (χ2v) is 26.8. The van der Waals surface area contributed by atoms with Crippen molar-refractivity contribution in [3.63, 3.8) is 0 Å². The summed E-state index contributed by atoms with van der Waals surface area (Å²) in [4.78, 5) is 15.9. The monoisotopic (exact) mass is 1220 g/mol. The summed E-state index contributed by atoms with van der Waals surface area (Å²) in [6.07, 6.45) is 0. The Morgan fingerprint density at radius 3 is 1.08 bits per heavy atom. The van der Waals surface area contributed by atoms with Gasteiger partial charge in [0.15, 0.2) is 0 Å². The Hall–Kier alpha value is -11.2. The first-order chi connectivity index (χ1) is 45.2. The van der Waals surface area contributed by atoms with Crippen molar-refractivity contribution in [2.45, 2.75) is 0 Å². The number of hydrogen-bond donors (Lipinski definition) is 0. The van der Waals surface area contributed by atoms with Gasteiger partial charge in [-0.05, 0) is 0 Å². The van der Waals surface area contributed by atoms with Gasteiger partial charge < -0.3 is 0 Å². The van der Waals surface area contributed by atoms with E-state index in [-0.39, 0.29) is 27.9 Å². The molecular weight excluding hydrogens is 1170 g/mol. The van der Waals surface area contributed by atoms with E-state index in [0.29, 0.717) is 0 Å². The first kappa shape index (κ1) is 49.7. The Bertz CT molecular complexity index is 5410. The number of anilines is 18. The van der Waals surface area contributed by atoms with Crippen LogP contribution in [0.5, 0.6) is 0 Å². The quantitative estimate of drug-likeness (QED) is 0.153. The summed E-state index contributed by atoms with van der Waals surface area (Å²) in [5, 5.41) is 0. The minimum atomic E-state index is -0.142. The number of benzene rings is 13. The van der Waals surface area contributed by atoms with Gasteiger partial charge >= 0.3 is 477 Å². The third-order valence-corrected chi connectivity index (χ3v) is 22.8. The van der Waals surface area contributed by atoms with E-state index in [9.17, 15) is 0 Å². The molecule has 91 heavy (non-hydrogen) atoms. The average Bonchev–Trinajstić information content (AvgIpc) is 1.58. The molecule has 0 saturated carbocycles. The van der Waals surface area contributed by atoms with Gasteiger partial charge in [0.1, 0.15) is 0 Å². The van der Waals surface area contributed by atoms with Crippen molar-refractivity contribution in [1.82, 2.24) is 0 Å². The molecule has 0 atom stereocenters. The fourth-order valence-corrected chi connectivity index (χ4v) is 19.3. The van der Waals surface area contributed by atoms with Crippen LogP contribution in [0.3, 0.4) is 0 Å². The summed E-state index contributed by atoms with van der Waals surface area (Å²) in [6, 6.07) is 114. The third kappa shape index (κ3) is 6.63. The van der Waals surface area contributed by atoms with Crippen LogP contribution in [0, 0.1) is 0 Å². The van der Waals surface area contributed by atoms with Crippen LogP contribution in [0.1, 0.15) is 0 Å². The first-order valence-electron chi connectivity index (χ1n) is 31.5. The summed E-state index contributed by atoms with van der Waals surface area (Å²) in [7, 11) is 0. The Balaban J connectivity index is 0.907. The van der Waals surface area contributed by atoms with Crippen LogP contribution < -0.4 is 62.2 Å². The van der Waals surface area contributed by atoms with Crippen molar-refractivity contribution in [3.8, 4) is 42.3 Å². The number of hydrogen-bond acceptors (Lipinski definition) is 6. The van der Waals surface area contributed by atoms with Crippen molar-refractivity contribution >= 4 is 163 Å². The number of para-hydroxylation sites is 6. The standard InChI is InChI=1S/C82H50B2N6Se/c1-7-25-51(26-8-1)55-49-62-75-71(50-55)85(56-33-15-5-16-34-56)63-37-19-21-39-65(63)87(75)67-41-23-44-70-73(67)84(62)61-48-47-60-77-78(61)90(70)80-79(81(53-29-11-3-12-30-53)91-82(80)54-31-13-4-14-32-54)89(77)69-43-24-42-68-72(69)83(60)59-46-45-58(52-27-9-2-10-28-52)74-76(59)88(68)66-40-22-20-38-64(66)86(74)57-35-17-6-18-36-57/h1-50H. The van der Waals surface area contributed by atoms with E-state index in [2.05, 4.69) is 333 Å². The molecule has 7 aliphatic rings. The van der Waals surface area contributed by atoms with Gasteiger partial charge in [-0.3, -0.25) is 0 Å². The fourth-order valence-electron chi connectivity index (χ4n) is 16.7. The molecule has 0 N–H and O–H groups in total. The first-order valence-corrected chi connectivity index (χ1v) is 33.2. The molecule has 0 unspecified atom stereocenters. The Kier molecular flexibility index (Phi) is 10.2. The molecule has 0 aliphatic carbocycles. The Morgan fingerprint density at radius 2 is 0.571 bits per heavy atom. The molecule has 7 aliphatic heterocycles. The number of nitrogens with zero attached hydrogens (tertiary/aromatic N) is 6. The topological polar surface area (TPSA) is 19.4 Å². The predicted molar refractivity (Wildman–Crippen MR) is 383 cm³/mol. The SMILES string of the molecule is c1ccc(-c2cc3c4c(c2)N(c2ccccc2)c2ccccc2N4c2cccc4c2B3c2ccc3c5c2N4c2c(-c4ccccc4)[se]c(-c4ccccc4)c2N5c2cccc4c2B3c2ccc(-c3ccccc3)c3c2N4c2ccccc2N3c2ccccc2)cc1. The van der Waals surface area contributed by atoms with Gasteiger partial charge in [0.05, 0.1) is 0 Å². The summed E-state index contributed by atoms with van der Waals surface area (Å²) in [5.41, 5.74) is 36.8. The van der Waals surface area contributed by atoms with Gasteiger partial charge in [-0.25, -0.2) is 0 Å². The molecule has 0 saturated heterocycles. The van der Waals surface area contributed by atoms with Crippen LogP contribution in [0.15, 0.2) is 303 Å². The van der Waals surface area contributed by atoms with Gasteiger partial charge in [-0.15, -0.1) is 0 Å². The molecule has 21 rings (SSSR count). The van der Waals surface area contributed by atoms with Gasteiger partial charge in [-0.2, -0.15) is 0 Å². The van der Waals surface area contributed by atoms with Gasteiger partial charge in [0, 0.05) is 0 Å². The maximum absolute atomic E-state index is 2.78. The van der Waals surface area contributed by atoms with E-state index >= 15 is 0 Å². The molecule has 1 aromatic heterocycles. The average molecular weight is 1220 g/mol. The van der Waals surface area contributed by atoms with Crippen LogP contribution in [0.25, 0.3) is 42.3 Å². The number of fused-ring (bicyclic) bond motifs is 15. The zero-order valence-electron chi connectivity index (χ0n) is 49.1. The summed E-state index contributed by atoms with van der Waals surface area (Å²) >= 11 is -0.117. The van der Waals surface area contributed by atoms with E-state index in [1.165, 1.54) is 143 Å². The molecule has 0 spiro atoms. The third-order valence-electron chi connectivity index (χ3n) is 20.1. The zero-order valence-corrected chi connectivity index (χ0v) is 50.8. The Morgan fingerprint density at radius 1 is 0.209 bits per heavy atom. The minimum absolute atomic E-state index is 0.117. The van der Waals surface area contributed by atoms with E-state index in [1.54, 1.807) is 0 Å². The van der Waals surface area contributed by atoms with E-state index < -0.39 is 0 Å². The molecule has 14 aromatic rings. The van der Waals surface area contributed by atoms with Gasteiger partial charge in [-0.1, -0.05) is 60.7 Å². The molecule has 9 heteroatoms. The molecule has 0 fully saturated rings. The van der Waals surface area contributed by atoms with Crippen molar-refractivity contribution in [1.29, 1.82) is 0 Å². The molecule has 0 amide bonds. The second kappa shape index (κ2) is 18.7. The molecule has 420 valence electrons. The Labute approximate surface area is 534 Å². The van der Waals surface area contributed by atoms with E-state index in [4.69, 9.17) is 0 Å². The van der Waals surface area contributed by atoms with Crippen LogP contribution in [-0.4, -0.2) is 27.9 Å². The normalized spacial score (nSPS) is 14.0. The summed E-state index contributed by atoms with van der Waals surface area (Å²) in [5.74, 6) is 0. The fraction of sp³-hybridized carbons (Fsp3) is 0. The summed E-state index contributed by atoms with van der Waals surface area (Å²) in [6.45, 7) is -0.273. The van der Waals surface area contributed by atoms with Crippen molar-refractivity contribution in [3.05, 3.63) is 303 Å². The van der Waals surface area contributed by atoms with E-state index in [1.807, 2.05) is 0 Å². The maximum atomic E-state index is 2.78. The molecule has 0 radical (unpaired) electrons. The second-order valence-electron chi connectivity index (χ2n) is 24.6. The van der Waals surface area contributed by atoms with Crippen LogP contribution in [-0.2, 0) is 0 Å². The van der Waals surface area contributed by atoms with Crippen molar-refractivity contribution < 1.29 is 0 Å². The number of rotatable bonds is 6. The van der Waals surface area contributed by atoms with E-state index in [0.717, 1.165) is 34.1 Å². The van der Waals surface area contributed by atoms with Crippen molar-refractivity contribution in [2.75, 3.05) is 29.4 Å².